The minimum absolute atomic E-state index is 0.0483. The van der Waals surface area contributed by atoms with Crippen molar-refractivity contribution in [3.8, 4) is 0 Å². The van der Waals surface area contributed by atoms with Crippen LogP contribution in [0.2, 0.25) is 0 Å². The molecule has 0 aliphatic heterocycles. The van der Waals surface area contributed by atoms with Gasteiger partial charge in [0.05, 0.1) is 19.5 Å². The fourth-order valence-corrected chi connectivity index (χ4v) is 2.10. The standard InChI is InChI=1S/C16H21F4N3O2/c1-23(11-16(18,19)20)7-3-6-21-15(25)10-22-14(24)9-12-4-2-5-13(17)8-12/h2,4-5,8H,3,6-7,9-11H2,1H3,(H,21,25)(H,22,24). The fraction of sp³-hybridized carbons (Fsp3) is 0.500. The Morgan fingerprint density at radius 3 is 2.52 bits per heavy atom. The number of nitrogens with one attached hydrogen (secondary N) is 2. The number of carbonyl (C=O) groups is 2. The highest BCUT2D eigenvalue weighted by Crippen LogP contribution is 2.15. The zero-order valence-corrected chi connectivity index (χ0v) is 13.8. The SMILES string of the molecule is CN(CCCNC(=O)CNC(=O)Cc1cccc(F)c1)CC(F)(F)F. The molecule has 2 N–H and O–H groups in total. The van der Waals surface area contributed by atoms with Crippen LogP contribution in [0.25, 0.3) is 0 Å². The summed E-state index contributed by atoms with van der Waals surface area (Å²) in [5.74, 6) is -1.31. The van der Waals surface area contributed by atoms with E-state index in [1.54, 1.807) is 6.07 Å². The molecule has 0 bridgehead atoms. The molecular formula is C16H21F4N3O2. The van der Waals surface area contributed by atoms with Gasteiger partial charge in [-0.15, -0.1) is 0 Å². The summed E-state index contributed by atoms with van der Waals surface area (Å²) in [5, 5.41) is 4.91. The van der Waals surface area contributed by atoms with Gasteiger partial charge in [0, 0.05) is 6.54 Å². The zero-order valence-electron chi connectivity index (χ0n) is 13.8. The van der Waals surface area contributed by atoms with E-state index in [0.717, 1.165) is 4.90 Å². The molecule has 25 heavy (non-hydrogen) atoms. The molecule has 0 saturated heterocycles. The molecule has 9 heteroatoms. The third-order valence-corrected chi connectivity index (χ3v) is 3.19. The maximum absolute atomic E-state index is 13.0. The number of nitrogens with zero attached hydrogens (tertiary/aromatic N) is 1. The lowest BCUT2D eigenvalue weighted by atomic mass is 10.1. The van der Waals surface area contributed by atoms with Gasteiger partial charge >= 0.3 is 6.18 Å². The Morgan fingerprint density at radius 2 is 1.88 bits per heavy atom. The average Bonchev–Trinajstić information content (AvgIpc) is 2.48. The molecule has 1 rings (SSSR count). The summed E-state index contributed by atoms with van der Waals surface area (Å²) < 4.78 is 49.4. The predicted octanol–water partition coefficient (Wildman–Crippen LogP) is 1.48. The van der Waals surface area contributed by atoms with Gasteiger partial charge in [0.1, 0.15) is 5.82 Å². The van der Waals surface area contributed by atoms with Gasteiger partial charge in [-0.05, 0) is 37.7 Å². The highest BCUT2D eigenvalue weighted by Gasteiger charge is 2.28. The highest BCUT2D eigenvalue weighted by molar-refractivity contribution is 5.85. The number of halogens is 4. The Kier molecular flexibility index (Phi) is 8.33. The van der Waals surface area contributed by atoms with E-state index in [1.165, 1.54) is 25.2 Å². The smallest absolute Gasteiger partial charge is 0.355 e. The van der Waals surface area contributed by atoms with Crippen molar-refractivity contribution in [1.29, 1.82) is 0 Å². The van der Waals surface area contributed by atoms with Crippen molar-refractivity contribution >= 4 is 11.8 Å². The van der Waals surface area contributed by atoms with Crippen LogP contribution >= 0.6 is 0 Å². The van der Waals surface area contributed by atoms with E-state index < -0.39 is 30.4 Å². The molecule has 2 amide bonds. The molecule has 0 atom stereocenters. The molecule has 1 aromatic carbocycles. The van der Waals surface area contributed by atoms with Crippen LogP contribution in [0.15, 0.2) is 24.3 Å². The fourth-order valence-electron chi connectivity index (χ4n) is 2.10. The third-order valence-electron chi connectivity index (χ3n) is 3.19. The van der Waals surface area contributed by atoms with Crippen LogP contribution < -0.4 is 10.6 Å². The second kappa shape index (κ2) is 9.97. The number of alkyl halides is 3. The van der Waals surface area contributed by atoms with E-state index >= 15 is 0 Å². The first-order valence-corrected chi connectivity index (χ1v) is 7.69. The summed E-state index contributed by atoms with van der Waals surface area (Å²) in [4.78, 5) is 24.3. The van der Waals surface area contributed by atoms with Gasteiger partial charge in [0.25, 0.3) is 0 Å². The Hall–Kier alpha value is -2.16. The molecule has 140 valence electrons. The van der Waals surface area contributed by atoms with Crippen molar-refractivity contribution in [1.82, 2.24) is 15.5 Å². The van der Waals surface area contributed by atoms with Crippen LogP contribution in [0.3, 0.4) is 0 Å². The van der Waals surface area contributed by atoms with Crippen molar-refractivity contribution in [2.24, 2.45) is 0 Å². The summed E-state index contributed by atoms with van der Waals surface area (Å²) in [6.45, 7) is -0.851. The van der Waals surface area contributed by atoms with E-state index in [2.05, 4.69) is 10.6 Å². The minimum Gasteiger partial charge on any atom is -0.355 e. The second-order valence-corrected chi connectivity index (χ2v) is 5.64. The molecule has 5 nitrogen and oxygen atoms in total. The third kappa shape index (κ3) is 10.3. The first-order chi connectivity index (χ1) is 11.7. The monoisotopic (exact) mass is 363 g/mol. The quantitative estimate of drug-likeness (QED) is 0.516. The van der Waals surface area contributed by atoms with Crippen LogP contribution in [-0.2, 0) is 16.0 Å². The number of carbonyl (C=O) groups excluding carboxylic acids is 2. The van der Waals surface area contributed by atoms with Gasteiger partial charge in [-0.2, -0.15) is 13.2 Å². The van der Waals surface area contributed by atoms with Gasteiger partial charge in [-0.25, -0.2) is 4.39 Å². The number of hydrogen-bond donors (Lipinski definition) is 2. The van der Waals surface area contributed by atoms with E-state index in [4.69, 9.17) is 0 Å². The number of rotatable bonds is 9. The lowest BCUT2D eigenvalue weighted by Gasteiger charge is -2.18. The first kappa shape index (κ1) is 20.9. The van der Waals surface area contributed by atoms with Crippen LogP contribution in [0, 0.1) is 5.82 Å². The van der Waals surface area contributed by atoms with Crippen molar-refractivity contribution < 1.29 is 27.2 Å². The molecule has 0 heterocycles. The van der Waals surface area contributed by atoms with Gasteiger partial charge < -0.3 is 10.6 Å². The van der Waals surface area contributed by atoms with E-state index in [0.29, 0.717) is 12.0 Å². The zero-order chi connectivity index (χ0) is 18.9. The largest absolute Gasteiger partial charge is 0.401 e. The Bertz CT molecular complexity index is 579. The Balaban J connectivity index is 2.15. The maximum Gasteiger partial charge on any atom is 0.401 e. The van der Waals surface area contributed by atoms with Gasteiger partial charge in [-0.3, -0.25) is 14.5 Å². The summed E-state index contributed by atoms with van der Waals surface area (Å²) >= 11 is 0. The summed E-state index contributed by atoms with van der Waals surface area (Å²) in [7, 11) is 1.35. The van der Waals surface area contributed by atoms with E-state index in [-0.39, 0.29) is 26.1 Å². The predicted molar refractivity (Wildman–Crippen MR) is 84.3 cm³/mol. The number of hydrogen-bond acceptors (Lipinski definition) is 3. The Morgan fingerprint density at radius 1 is 1.16 bits per heavy atom. The lowest BCUT2D eigenvalue weighted by molar-refractivity contribution is -0.143. The van der Waals surface area contributed by atoms with Gasteiger partial charge in [0.15, 0.2) is 0 Å². The molecular weight excluding hydrogens is 342 g/mol. The molecule has 1 aromatic rings. The summed E-state index contributed by atoms with van der Waals surface area (Å²) in [6, 6.07) is 5.58. The molecule has 0 saturated carbocycles. The van der Waals surface area contributed by atoms with Gasteiger partial charge in [0.2, 0.25) is 11.8 Å². The normalized spacial score (nSPS) is 11.4. The highest BCUT2D eigenvalue weighted by atomic mass is 19.4. The first-order valence-electron chi connectivity index (χ1n) is 7.69. The topological polar surface area (TPSA) is 61.4 Å². The second-order valence-electron chi connectivity index (χ2n) is 5.64. The Labute approximate surface area is 143 Å². The molecule has 0 aliphatic carbocycles. The van der Waals surface area contributed by atoms with Crippen LogP contribution in [0.5, 0.6) is 0 Å². The molecule has 0 aromatic heterocycles. The van der Waals surface area contributed by atoms with E-state index in [1.807, 2.05) is 0 Å². The molecule has 0 radical (unpaired) electrons. The summed E-state index contributed by atoms with van der Waals surface area (Å²) in [6.07, 6.45) is -3.94. The molecule has 0 unspecified atom stereocenters. The molecule has 0 aliphatic rings. The van der Waals surface area contributed by atoms with Crippen LogP contribution in [0.4, 0.5) is 17.6 Å². The summed E-state index contributed by atoms with van der Waals surface area (Å²) in [5.41, 5.74) is 0.491. The van der Waals surface area contributed by atoms with Crippen molar-refractivity contribution in [3.05, 3.63) is 35.6 Å². The minimum atomic E-state index is -4.25. The van der Waals surface area contributed by atoms with Crippen molar-refractivity contribution in [2.75, 3.05) is 33.2 Å². The average molecular weight is 363 g/mol. The molecule has 0 fully saturated rings. The van der Waals surface area contributed by atoms with Gasteiger partial charge in [-0.1, -0.05) is 12.1 Å². The lowest BCUT2D eigenvalue weighted by Crippen LogP contribution is -2.39. The van der Waals surface area contributed by atoms with Crippen LogP contribution in [0.1, 0.15) is 12.0 Å². The number of benzene rings is 1. The number of amides is 2. The van der Waals surface area contributed by atoms with Crippen molar-refractivity contribution in [2.45, 2.75) is 19.0 Å². The van der Waals surface area contributed by atoms with Crippen LogP contribution in [-0.4, -0.2) is 56.1 Å². The maximum atomic E-state index is 13.0. The van der Waals surface area contributed by atoms with E-state index in [9.17, 15) is 27.2 Å². The molecule has 0 spiro atoms. The van der Waals surface area contributed by atoms with Crippen molar-refractivity contribution in [3.63, 3.8) is 0 Å².